The highest BCUT2D eigenvalue weighted by Crippen LogP contribution is 2.13. The molecule has 0 fully saturated rings. The topological polar surface area (TPSA) is 29.5 Å². The molecule has 0 radical (unpaired) electrons. The van der Waals surface area contributed by atoms with Crippen molar-refractivity contribution in [2.75, 3.05) is 13.2 Å². The molecular formula is C15H32O2. The van der Waals surface area contributed by atoms with E-state index in [1.54, 1.807) is 0 Å². The number of aliphatic hydroxyl groups is 1. The van der Waals surface area contributed by atoms with Gasteiger partial charge >= 0.3 is 0 Å². The minimum absolute atomic E-state index is 0.0760. The Balaban J connectivity index is 3.07. The van der Waals surface area contributed by atoms with E-state index in [4.69, 9.17) is 4.74 Å². The summed E-state index contributed by atoms with van der Waals surface area (Å²) in [6.07, 6.45) is 9.41. The zero-order valence-corrected chi connectivity index (χ0v) is 12.1. The molecule has 2 heteroatoms. The first-order valence-corrected chi connectivity index (χ1v) is 7.42. The number of hydrogen-bond donors (Lipinski definition) is 1. The molecule has 0 aliphatic heterocycles. The monoisotopic (exact) mass is 244 g/mol. The summed E-state index contributed by atoms with van der Waals surface area (Å²) in [6.45, 7) is 8.14. The van der Waals surface area contributed by atoms with Crippen LogP contribution in [-0.4, -0.2) is 24.4 Å². The van der Waals surface area contributed by atoms with Crippen LogP contribution in [0.1, 0.15) is 72.1 Å². The van der Waals surface area contributed by atoms with Crippen LogP contribution in [-0.2, 0) is 4.74 Å². The second-order valence-corrected chi connectivity index (χ2v) is 5.39. The fraction of sp³-hybridized carbons (Fsp3) is 1.00. The molecular weight excluding hydrogens is 212 g/mol. The van der Waals surface area contributed by atoms with Gasteiger partial charge in [-0.1, -0.05) is 46.0 Å². The van der Waals surface area contributed by atoms with Crippen molar-refractivity contribution in [2.45, 2.75) is 78.2 Å². The highest BCUT2D eigenvalue weighted by molar-refractivity contribution is 4.58. The molecule has 0 bridgehead atoms. The second kappa shape index (κ2) is 12.4. The van der Waals surface area contributed by atoms with Crippen LogP contribution in [0.15, 0.2) is 0 Å². The van der Waals surface area contributed by atoms with Crippen molar-refractivity contribution < 1.29 is 9.84 Å². The first-order valence-electron chi connectivity index (χ1n) is 7.42. The van der Waals surface area contributed by atoms with Crippen LogP contribution >= 0.6 is 0 Å². The van der Waals surface area contributed by atoms with Gasteiger partial charge in [-0.15, -0.1) is 0 Å². The number of rotatable bonds is 12. The molecule has 0 aromatic carbocycles. The lowest BCUT2D eigenvalue weighted by Gasteiger charge is -2.12. The predicted molar refractivity (Wildman–Crippen MR) is 74.3 cm³/mol. The summed E-state index contributed by atoms with van der Waals surface area (Å²) in [5.74, 6) is 0.614. The van der Waals surface area contributed by atoms with Gasteiger partial charge in [0.25, 0.3) is 0 Å². The number of ether oxygens (including phenoxy) is 1. The maximum absolute atomic E-state index is 9.70. The summed E-state index contributed by atoms with van der Waals surface area (Å²) in [5, 5.41) is 9.70. The summed E-state index contributed by atoms with van der Waals surface area (Å²) >= 11 is 0. The second-order valence-electron chi connectivity index (χ2n) is 5.39. The molecule has 0 saturated carbocycles. The molecule has 2 nitrogen and oxygen atoms in total. The molecule has 0 rings (SSSR count). The van der Waals surface area contributed by atoms with Gasteiger partial charge in [0, 0.05) is 13.2 Å². The lowest BCUT2D eigenvalue weighted by Crippen LogP contribution is -2.09. The SMILES string of the molecule is CCOCCCCCCCCC(O)CC(C)C. The molecule has 0 aromatic heterocycles. The summed E-state index contributed by atoms with van der Waals surface area (Å²) < 4.78 is 5.30. The van der Waals surface area contributed by atoms with Crippen LogP contribution in [0, 0.1) is 5.92 Å². The van der Waals surface area contributed by atoms with E-state index in [2.05, 4.69) is 13.8 Å². The van der Waals surface area contributed by atoms with E-state index in [1.807, 2.05) is 6.92 Å². The highest BCUT2D eigenvalue weighted by atomic mass is 16.5. The average molecular weight is 244 g/mol. The first-order chi connectivity index (χ1) is 8.16. The molecule has 0 amide bonds. The van der Waals surface area contributed by atoms with E-state index in [0.29, 0.717) is 5.92 Å². The summed E-state index contributed by atoms with van der Waals surface area (Å²) in [4.78, 5) is 0. The number of aliphatic hydroxyl groups excluding tert-OH is 1. The normalized spacial score (nSPS) is 13.2. The van der Waals surface area contributed by atoms with Gasteiger partial charge in [-0.05, 0) is 32.1 Å². The van der Waals surface area contributed by atoms with Gasteiger partial charge in [0.1, 0.15) is 0 Å². The molecule has 1 atom stereocenters. The Bertz CT molecular complexity index is 146. The van der Waals surface area contributed by atoms with Gasteiger partial charge in [-0.25, -0.2) is 0 Å². The standard InChI is InChI=1S/C15H32O2/c1-4-17-12-10-8-6-5-7-9-11-15(16)13-14(2)3/h14-16H,4-13H2,1-3H3. The maximum Gasteiger partial charge on any atom is 0.0542 e. The van der Waals surface area contributed by atoms with Crippen LogP contribution in [0.2, 0.25) is 0 Å². The van der Waals surface area contributed by atoms with E-state index in [9.17, 15) is 5.11 Å². The fourth-order valence-corrected chi connectivity index (χ4v) is 2.10. The Morgan fingerprint density at radius 3 is 2.12 bits per heavy atom. The zero-order chi connectivity index (χ0) is 12.9. The molecule has 0 aliphatic carbocycles. The average Bonchev–Trinajstić information content (AvgIpc) is 2.26. The van der Waals surface area contributed by atoms with Crippen molar-refractivity contribution in [1.29, 1.82) is 0 Å². The Morgan fingerprint density at radius 1 is 0.941 bits per heavy atom. The largest absolute Gasteiger partial charge is 0.393 e. The van der Waals surface area contributed by atoms with Crippen molar-refractivity contribution in [3.05, 3.63) is 0 Å². The third kappa shape index (κ3) is 13.9. The van der Waals surface area contributed by atoms with Crippen LogP contribution in [0.4, 0.5) is 0 Å². The first kappa shape index (κ1) is 16.9. The van der Waals surface area contributed by atoms with Crippen LogP contribution in [0.3, 0.4) is 0 Å². The molecule has 0 spiro atoms. The van der Waals surface area contributed by atoms with Gasteiger partial charge in [0.2, 0.25) is 0 Å². The summed E-state index contributed by atoms with van der Waals surface area (Å²) in [7, 11) is 0. The molecule has 104 valence electrons. The van der Waals surface area contributed by atoms with E-state index < -0.39 is 0 Å². The predicted octanol–water partition coefficient (Wildman–Crippen LogP) is 4.16. The molecule has 0 aromatic rings. The Morgan fingerprint density at radius 2 is 1.53 bits per heavy atom. The molecule has 1 N–H and O–H groups in total. The zero-order valence-electron chi connectivity index (χ0n) is 12.1. The van der Waals surface area contributed by atoms with Crippen molar-refractivity contribution in [3.63, 3.8) is 0 Å². The Labute approximate surface area is 108 Å². The van der Waals surface area contributed by atoms with Gasteiger partial charge in [-0.3, -0.25) is 0 Å². The summed E-state index contributed by atoms with van der Waals surface area (Å²) in [6, 6.07) is 0. The molecule has 17 heavy (non-hydrogen) atoms. The van der Waals surface area contributed by atoms with Gasteiger partial charge in [0.05, 0.1) is 6.10 Å². The minimum atomic E-state index is -0.0760. The van der Waals surface area contributed by atoms with Crippen molar-refractivity contribution in [1.82, 2.24) is 0 Å². The lowest BCUT2D eigenvalue weighted by atomic mass is 10.0. The Hall–Kier alpha value is -0.0800. The van der Waals surface area contributed by atoms with E-state index in [1.165, 1.54) is 38.5 Å². The fourth-order valence-electron chi connectivity index (χ4n) is 2.10. The molecule has 0 aliphatic rings. The number of unbranched alkanes of at least 4 members (excludes halogenated alkanes) is 5. The highest BCUT2D eigenvalue weighted by Gasteiger charge is 2.05. The van der Waals surface area contributed by atoms with E-state index in [-0.39, 0.29) is 6.10 Å². The lowest BCUT2D eigenvalue weighted by molar-refractivity contribution is 0.135. The van der Waals surface area contributed by atoms with Gasteiger partial charge in [0.15, 0.2) is 0 Å². The molecule has 1 unspecified atom stereocenters. The van der Waals surface area contributed by atoms with Crippen molar-refractivity contribution in [3.8, 4) is 0 Å². The van der Waals surface area contributed by atoms with Gasteiger partial charge < -0.3 is 9.84 Å². The van der Waals surface area contributed by atoms with Crippen molar-refractivity contribution in [2.24, 2.45) is 5.92 Å². The molecule has 0 heterocycles. The van der Waals surface area contributed by atoms with Crippen molar-refractivity contribution >= 4 is 0 Å². The smallest absolute Gasteiger partial charge is 0.0542 e. The number of hydrogen-bond acceptors (Lipinski definition) is 2. The molecule has 0 saturated heterocycles. The van der Waals surface area contributed by atoms with Crippen LogP contribution in [0.5, 0.6) is 0 Å². The quantitative estimate of drug-likeness (QED) is 0.522. The maximum atomic E-state index is 9.70. The van der Waals surface area contributed by atoms with Gasteiger partial charge in [-0.2, -0.15) is 0 Å². The van der Waals surface area contributed by atoms with E-state index >= 15 is 0 Å². The third-order valence-electron chi connectivity index (χ3n) is 3.02. The third-order valence-corrected chi connectivity index (χ3v) is 3.02. The van der Waals surface area contributed by atoms with Crippen LogP contribution in [0.25, 0.3) is 0 Å². The Kier molecular flexibility index (Phi) is 12.3. The van der Waals surface area contributed by atoms with Crippen LogP contribution < -0.4 is 0 Å². The summed E-state index contributed by atoms with van der Waals surface area (Å²) in [5.41, 5.74) is 0. The van der Waals surface area contributed by atoms with E-state index in [0.717, 1.165) is 26.1 Å². The minimum Gasteiger partial charge on any atom is -0.393 e.